The highest BCUT2D eigenvalue weighted by Gasteiger charge is 2.48. The van der Waals surface area contributed by atoms with E-state index in [1.54, 1.807) is 0 Å². The van der Waals surface area contributed by atoms with Gasteiger partial charge in [0.2, 0.25) is 0 Å². The lowest BCUT2D eigenvalue weighted by Gasteiger charge is -2.23. The maximum absolute atomic E-state index is 11.6. The summed E-state index contributed by atoms with van der Waals surface area (Å²) in [6.45, 7) is 3.74. The molecule has 1 atom stereocenters. The second kappa shape index (κ2) is 5.01. The number of hydrogen-bond donors (Lipinski definition) is 3. The Bertz CT molecular complexity index is 534. The van der Waals surface area contributed by atoms with Crippen molar-refractivity contribution in [3.8, 4) is 0 Å². The highest BCUT2D eigenvalue weighted by molar-refractivity contribution is 7.99. The normalized spacial score (nSPS) is 18.5. The van der Waals surface area contributed by atoms with Gasteiger partial charge in [0.15, 0.2) is 5.16 Å². The van der Waals surface area contributed by atoms with Gasteiger partial charge in [-0.2, -0.15) is 0 Å². The van der Waals surface area contributed by atoms with Gasteiger partial charge in [0, 0.05) is 11.8 Å². The molecule has 0 aromatic carbocycles. The molecule has 0 spiro atoms. The number of nitrogens with zero attached hydrogens (tertiary/aromatic N) is 2. The monoisotopic (exact) mass is 286 g/mol. The van der Waals surface area contributed by atoms with Crippen molar-refractivity contribution in [2.24, 2.45) is 11.7 Å². The molecule has 1 unspecified atom stereocenters. The second-order valence-electron chi connectivity index (χ2n) is 5.18. The van der Waals surface area contributed by atoms with Gasteiger partial charge >= 0.3 is 11.7 Å². The van der Waals surface area contributed by atoms with Gasteiger partial charge in [-0.3, -0.25) is 9.36 Å². The first-order valence-corrected chi connectivity index (χ1v) is 7.16. The molecule has 7 nitrogen and oxygen atoms in total. The number of nitrogens with two attached hydrogens (primary N) is 1. The van der Waals surface area contributed by atoms with Gasteiger partial charge in [0.05, 0.1) is 0 Å². The summed E-state index contributed by atoms with van der Waals surface area (Å²) >= 11 is 1.21. The standard InChI is InChI=1S/C11H18N4O3S/c1-6(2)15-9(18)13-14-10(15)19-5-11(12,8(16)17)7-3-4-7/h6-7H,3-5,12H2,1-2H3,(H,13,18)(H,16,17). The number of carboxylic acids is 1. The van der Waals surface area contributed by atoms with Gasteiger partial charge in [-0.25, -0.2) is 9.89 Å². The number of aromatic amines is 1. The summed E-state index contributed by atoms with van der Waals surface area (Å²) in [7, 11) is 0. The van der Waals surface area contributed by atoms with Crippen LogP contribution < -0.4 is 11.4 Å². The van der Waals surface area contributed by atoms with Crippen LogP contribution in [0.25, 0.3) is 0 Å². The van der Waals surface area contributed by atoms with Gasteiger partial charge in [0.25, 0.3) is 0 Å². The summed E-state index contributed by atoms with van der Waals surface area (Å²) < 4.78 is 1.50. The van der Waals surface area contributed by atoms with E-state index in [2.05, 4.69) is 10.2 Å². The maximum Gasteiger partial charge on any atom is 0.344 e. The van der Waals surface area contributed by atoms with Gasteiger partial charge in [-0.1, -0.05) is 11.8 Å². The summed E-state index contributed by atoms with van der Waals surface area (Å²) in [5.74, 6) is -0.753. The molecular formula is C11H18N4O3S. The molecule has 1 aliphatic carbocycles. The second-order valence-corrected chi connectivity index (χ2v) is 6.13. The summed E-state index contributed by atoms with van der Waals surface area (Å²) in [5, 5.41) is 16.0. The number of hydrogen-bond acceptors (Lipinski definition) is 5. The zero-order valence-corrected chi connectivity index (χ0v) is 11.7. The average Bonchev–Trinajstić information content (AvgIpc) is 3.10. The Morgan fingerprint density at radius 2 is 2.32 bits per heavy atom. The molecule has 4 N–H and O–H groups in total. The molecule has 1 saturated carbocycles. The Morgan fingerprint density at radius 1 is 1.68 bits per heavy atom. The van der Waals surface area contributed by atoms with E-state index in [0.717, 1.165) is 12.8 Å². The largest absolute Gasteiger partial charge is 0.480 e. The Balaban J connectivity index is 2.14. The Hall–Kier alpha value is -1.28. The molecule has 1 heterocycles. The Labute approximate surface area is 114 Å². The maximum atomic E-state index is 11.6. The third kappa shape index (κ3) is 2.69. The molecule has 0 radical (unpaired) electrons. The zero-order valence-electron chi connectivity index (χ0n) is 10.9. The van der Waals surface area contributed by atoms with E-state index in [0.29, 0.717) is 5.16 Å². The van der Waals surface area contributed by atoms with Crippen molar-refractivity contribution >= 4 is 17.7 Å². The molecule has 19 heavy (non-hydrogen) atoms. The zero-order chi connectivity index (χ0) is 14.2. The third-order valence-electron chi connectivity index (χ3n) is 3.33. The van der Waals surface area contributed by atoms with Crippen LogP contribution in [0.2, 0.25) is 0 Å². The SMILES string of the molecule is CC(C)n1c(SCC(N)(C(=O)O)C2CC2)n[nH]c1=O. The first-order chi connectivity index (χ1) is 8.86. The molecule has 2 rings (SSSR count). The number of rotatable bonds is 6. The Morgan fingerprint density at radius 3 is 2.79 bits per heavy atom. The van der Waals surface area contributed by atoms with Crippen LogP contribution in [0.5, 0.6) is 0 Å². The number of thioether (sulfide) groups is 1. The first kappa shape index (κ1) is 14.1. The van der Waals surface area contributed by atoms with Crippen molar-refractivity contribution in [3.05, 3.63) is 10.5 Å². The van der Waals surface area contributed by atoms with E-state index in [1.807, 2.05) is 13.8 Å². The highest BCUT2D eigenvalue weighted by atomic mass is 32.2. The fourth-order valence-electron chi connectivity index (χ4n) is 1.98. The Kier molecular flexibility index (Phi) is 3.73. The highest BCUT2D eigenvalue weighted by Crippen LogP contribution is 2.40. The summed E-state index contributed by atoms with van der Waals surface area (Å²) in [6.07, 6.45) is 1.70. The predicted octanol–water partition coefficient (Wildman–Crippen LogP) is 0.436. The molecular weight excluding hydrogens is 268 g/mol. The topological polar surface area (TPSA) is 114 Å². The molecule has 1 aromatic rings. The smallest absolute Gasteiger partial charge is 0.344 e. The molecule has 1 aliphatic rings. The van der Waals surface area contributed by atoms with E-state index in [-0.39, 0.29) is 23.4 Å². The summed E-state index contributed by atoms with van der Waals surface area (Å²) in [4.78, 5) is 22.9. The van der Waals surface area contributed by atoms with Crippen LogP contribution in [0.4, 0.5) is 0 Å². The third-order valence-corrected chi connectivity index (χ3v) is 4.50. The molecule has 8 heteroatoms. The first-order valence-electron chi connectivity index (χ1n) is 6.18. The lowest BCUT2D eigenvalue weighted by atomic mass is 9.98. The summed E-state index contributed by atoms with van der Waals surface area (Å²) in [6, 6.07) is -0.0355. The number of nitrogens with one attached hydrogen (secondary N) is 1. The van der Waals surface area contributed by atoms with Gasteiger partial charge in [-0.15, -0.1) is 5.10 Å². The number of carbonyl (C=O) groups is 1. The van der Waals surface area contributed by atoms with Gasteiger partial charge in [-0.05, 0) is 32.6 Å². The van der Waals surface area contributed by atoms with Crippen LogP contribution in [0.3, 0.4) is 0 Å². The van der Waals surface area contributed by atoms with Crippen LogP contribution in [-0.2, 0) is 4.79 Å². The fraction of sp³-hybridized carbons (Fsp3) is 0.727. The van der Waals surface area contributed by atoms with Crippen LogP contribution >= 0.6 is 11.8 Å². The van der Waals surface area contributed by atoms with Crippen molar-refractivity contribution < 1.29 is 9.90 Å². The van der Waals surface area contributed by atoms with Gasteiger partial charge in [0.1, 0.15) is 5.54 Å². The average molecular weight is 286 g/mol. The fourth-order valence-corrected chi connectivity index (χ4v) is 3.25. The minimum absolute atomic E-state index is 0.0238. The van der Waals surface area contributed by atoms with Crippen molar-refractivity contribution in [2.45, 2.75) is 43.4 Å². The number of H-pyrrole nitrogens is 1. The lowest BCUT2D eigenvalue weighted by Crippen LogP contribution is -2.52. The van der Waals surface area contributed by atoms with Crippen molar-refractivity contribution in [3.63, 3.8) is 0 Å². The minimum Gasteiger partial charge on any atom is -0.480 e. The van der Waals surface area contributed by atoms with E-state index in [4.69, 9.17) is 5.73 Å². The molecule has 0 aliphatic heterocycles. The van der Waals surface area contributed by atoms with Crippen molar-refractivity contribution in [2.75, 3.05) is 5.75 Å². The molecule has 1 aromatic heterocycles. The molecule has 1 fully saturated rings. The van der Waals surface area contributed by atoms with Crippen LogP contribution in [0, 0.1) is 5.92 Å². The van der Waals surface area contributed by atoms with Gasteiger partial charge < -0.3 is 10.8 Å². The van der Waals surface area contributed by atoms with Crippen LogP contribution in [-0.4, -0.2) is 37.1 Å². The van der Waals surface area contributed by atoms with Crippen molar-refractivity contribution in [1.82, 2.24) is 14.8 Å². The van der Waals surface area contributed by atoms with E-state index >= 15 is 0 Å². The van der Waals surface area contributed by atoms with Crippen LogP contribution in [0.1, 0.15) is 32.7 Å². The molecule has 106 valence electrons. The van der Waals surface area contributed by atoms with E-state index in [1.165, 1.54) is 16.3 Å². The van der Waals surface area contributed by atoms with E-state index < -0.39 is 11.5 Å². The van der Waals surface area contributed by atoms with Crippen molar-refractivity contribution in [1.29, 1.82) is 0 Å². The minimum atomic E-state index is -1.23. The predicted molar refractivity (Wildman–Crippen MR) is 71.2 cm³/mol. The lowest BCUT2D eigenvalue weighted by molar-refractivity contribution is -0.143. The number of aromatic nitrogens is 3. The molecule has 0 bridgehead atoms. The molecule has 0 saturated heterocycles. The van der Waals surface area contributed by atoms with Crippen LogP contribution in [0.15, 0.2) is 9.95 Å². The quantitative estimate of drug-likeness (QED) is 0.654. The van der Waals surface area contributed by atoms with E-state index in [9.17, 15) is 14.7 Å². The number of carboxylic acid groups (broad SMARTS) is 1. The molecule has 0 amide bonds. The number of aliphatic carboxylic acids is 1. The summed E-state index contributed by atoms with van der Waals surface area (Å²) in [5.41, 5.74) is 4.46.